The fourth-order valence-electron chi connectivity index (χ4n) is 9.59. The zero-order chi connectivity index (χ0) is 36.6. The Bertz CT molecular complexity index is 2030. The highest BCUT2D eigenvalue weighted by Crippen LogP contribution is 2.47. The van der Waals surface area contributed by atoms with E-state index in [1.54, 1.807) is 25.3 Å². The van der Waals surface area contributed by atoms with Gasteiger partial charge in [-0.25, -0.2) is 0 Å². The van der Waals surface area contributed by atoms with E-state index in [0.29, 0.717) is 34.9 Å². The number of ether oxygens (including phenoxy) is 1. The third-order valence-corrected chi connectivity index (χ3v) is 13.3. The Morgan fingerprint density at radius 1 is 0.981 bits per heavy atom. The van der Waals surface area contributed by atoms with Gasteiger partial charge in [0.15, 0.2) is 0 Å². The predicted octanol–water partition coefficient (Wildman–Crippen LogP) is 8.53. The summed E-state index contributed by atoms with van der Waals surface area (Å²) in [6, 6.07) is 13.1. The Balaban J connectivity index is 1.27. The summed E-state index contributed by atoms with van der Waals surface area (Å²) in [4.78, 5) is 32.7. The van der Waals surface area contributed by atoms with Crippen LogP contribution in [0.3, 0.4) is 0 Å². The summed E-state index contributed by atoms with van der Waals surface area (Å²) < 4.78 is 13.3. The van der Waals surface area contributed by atoms with Crippen LogP contribution in [0.15, 0.2) is 42.6 Å². The van der Waals surface area contributed by atoms with Crippen LogP contribution in [-0.4, -0.2) is 80.5 Å². The first kappa shape index (κ1) is 36.0. The molecule has 1 aliphatic carbocycles. The van der Waals surface area contributed by atoms with E-state index in [1.807, 2.05) is 22.7 Å². The van der Waals surface area contributed by atoms with Crippen LogP contribution in [0.2, 0.25) is 0 Å². The Kier molecular flexibility index (Phi) is 10.4. The molecule has 53 heavy (non-hydrogen) atoms. The number of allylic oxidation sites excluding steroid dienone is 1. The van der Waals surface area contributed by atoms with Gasteiger partial charge in [-0.15, -0.1) is 0 Å². The lowest BCUT2D eigenvalue weighted by atomic mass is 9.86. The van der Waals surface area contributed by atoms with E-state index in [9.17, 15) is 9.59 Å². The van der Waals surface area contributed by atoms with E-state index in [2.05, 4.69) is 64.4 Å². The van der Waals surface area contributed by atoms with Crippen LogP contribution in [0, 0.1) is 0 Å². The normalized spacial score (nSPS) is 18.9. The minimum Gasteiger partial charge on any atom is -0.497 e. The molecule has 1 N–H and O–H groups in total. The molecular weight excluding hydrogens is 681 g/mol. The van der Waals surface area contributed by atoms with Crippen LogP contribution in [0.4, 0.5) is 0 Å². The summed E-state index contributed by atoms with van der Waals surface area (Å²) in [5, 5.41) is 6.40. The number of fused-ring (bicyclic) bond motifs is 6. The summed E-state index contributed by atoms with van der Waals surface area (Å²) >= 11 is 1.59. The van der Waals surface area contributed by atoms with E-state index in [1.165, 1.54) is 35.9 Å². The Morgan fingerprint density at radius 2 is 1.79 bits per heavy atom. The third-order valence-electron chi connectivity index (χ3n) is 12.2. The van der Waals surface area contributed by atoms with Crippen LogP contribution in [-0.2, 0) is 13.6 Å². The fraction of sp³-hybridized carbons (Fsp3) is 0.512. The summed E-state index contributed by atoms with van der Waals surface area (Å²) in [6.45, 7) is 8.64. The number of nitrogens with one attached hydrogen (secondary N) is 1. The summed E-state index contributed by atoms with van der Waals surface area (Å²) in [5.74, 6) is 1.16. The topological polar surface area (TPSA) is 84.6 Å². The monoisotopic (exact) mass is 734 g/mol. The molecule has 5 heterocycles. The number of carbonyl (C=O) groups is 2. The highest BCUT2D eigenvalue weighted by Gasteiger charge is 2.35. The number of carbonyl (C=O) groups excluding carboxylic acids is 2. The molecule has 9 nitrogen and oxygen atoms in total. The van der Waals surface area contributed by atoms with Gasteiger partial charge in [0.1, 0.15) is 5.75 Å². The largest absolute Gasteiger partial charge is 0.497 e. The molecule has 0 bridgehead atoms. The minimum absolute atomic E-state index is 0.0454. The molecule has 10 heteroatoms. The molecule has 2 aromatic carbocycles. The lowest BCUT2D eigenvalue weighted by molar-refractivity contribution is 0.0571. The van der Waals surface area contributed by atoms with E-state index in [0.717, 1.165) is 105 Å². The number of amides is 2. The molecule has 2 saturated heterocycles. The van der Waals surface area contributed by atoms with Gasteiger partial charge in [-0.1, -0.05) is 45.6 Å². The van der Waals surface area contributed by atoms with Crippen LogP contribution in [0.25, 0.3) is 33.8 Å². The standard InChI is InChI=1S/C43H54N6O3S/c1-5-10-28(11-6-2)39-36-17-15-29(42(50)45-53-34-13-7-8-14-34)24-38(36)49-26-31(22-30-23-33(52-4)16-18-35(30)41(39)49)40-37(25-44-46(40)3)43(51)48-21-20-47-19-9-12-32(47)27-48/h15-18,22-25,28,32,34H,5-14,19-21,26-27H2,1-4H3,(H,45,50). The van der Waals surface area contributed by atoms with E-state index in [-0.39, 0.29) is 11.8 Å². The van der Waals surface area contributed by atoms with Crippen molar-refractivity contribution in [2.45, 2.75) is 102 Å². The van der Waals surface area contributed by atoms with Gasteiger partial charge in [0.2, 0.25) is 0 Å². The zero-order valence-electron chi connectivity index (χ0n) is 31.8. The van der Waals surface area contributed by atoms with Crippen molar-refractivity contribution >= 4 is 46.3 Å². The molecule has 2 amide bonds. The first-order valence-corrected chi connectivity index (χ1v) is 20.8. The molecule has 1 atom stereocenters. The molecule has 8 rings (SSSR count). The van der Waals surface area contributed by atoms with Crippen LogP contribution in [0.1, 0.15) is 122 Å². The second-order valence-electron chi connectivity index (χ2n) is 15.5. The molecule has 1 unspecified atom stereocenters. The molecule has 1 saturated carbocycles. The number of benzene rings is 2. The fourth-order valence-corrected chi connectivity index (χ4v) is 10.5. The molecule has 3 aliphatic heterocycles. The van der Waals surface area contributed by atoms with E-state index >= 15 is 0 Å². The molecule has 4 aliphatic rings. The lowest BCUT2D eigenvalue weighted by Gasteiger charge is -2.37. The van der Waals surface area contributed by atoms with Crippen molar-refractivity contribution in [3.8, 4) is 17.0 Å². The summed E-state index contributed by atoms with van der Waals surface area (Å²) in [5.41, 5.74) is 8.96. The SMILES string of the molecule is CCCC(CCC)c1c2n(c3cc(C(=O)NSC4CCCC4)ccc13)CC(c1c(C(=O)N3CCN4CCCC4C3)cnn1C)=Cc1cc(OC)ccc1-2. The van der Waals surface area contributed by atoms with Crippen molar-refractivity contribution in [2.24, 2.45) is 7.05 Å². The maximum absolute atomic E-state index is 14.4. The van der Waals surface area contributed by atoms with Gasteiger partial charge in [-0.3, -0.25) is 23.9 Å². The Morgan fingerprint density at radius 3 is 2.57 bits per heavy atom. The third kappa shape index (κ3) is 6.82. The summed E-state index contributed by atoms with van der Waals surface area (Å²) in [6.07, 6.45) is 15.5. The van der Waals surface area contributed by atoms with Crippen LogP contribution < -0.4 is 9.46 Å². The van der Waals surface area contributed by atoms with Gasteiger partial charge in [0, 0.05) is 60.0 Å². The average Bonchev–Trinajstić information content (AvgIpc) is 3.98. The maximum Gasteiger partial charge on any atom is 0.261 e. The molecule has 2 aromatic heterocycles. The van der Waals surface area contributed by atoms with Gasteiger partial charge in [-0.2, -0.15) is 5.10 Å². The molecule has 4 aromatic rings. The quantitative estimate of drug-likeness (QED) is 0.156. The Hall–Kier alpha value is -4.02. The Labute approximate surface area is 318 Å². The zero-order valence-corrected chi connectivity index (χ0v) is 32.6. The van der Waals surface area contributed by atoms with Crippen molar-refractivity contribution in [2.75, 3.05) is 33.3 Å². The molecule has 280 valence electrons. The van der Waals surface area contributed by atoms with Gasteiger partial charge in [-0.05, 0) is 116 Å². The second kappa shape index (κ2) is 15.4. The van der Waals surface area contributed by atoms with Crippen molar-refractivity contribution in [3.63, 3.8) is 0 Å². The maximum atomic E-state index is 14.4. The smallest absolute Gasteiger partial charge is 0.261 e. The lowest BCUT2D eigenvalue weighted by Crippen LogP contribution is -2.52. The number of piperazine rings is 1. The van der Waals surface area contributed by atoms with Gasteiger partial charge in [0.05, 0.1) is 36.8 Å². The number of aryl methyl sites for hydroxylation is 1. The molecule has 0 spiro atoms. The first-order chi connectivity index (χ1) is 25.9. The van der Waals surface area contributed by atoms with E-state index in [4.69, 9.17) is 9.84 Å². The molecule has 3 fully saturated rings. The van der Waals surface area contributed by atoms with Crippen molar-refractivity contribution in [3.05, 3.63) is 70.5 Å². The van der Waals surface area contributed by atoms with Crippen molar-refractivity contribution < 1.29 is 14.3 Å². The summed E-state index contributed by atoms with van der Waals surface area (Å²) in [7, 11) is 3.66. The number of methoxy groups -OCH3 is 1. The highest BCUT2D eigenvalue weighted by molar-refractivity contribution is 7.98. The van der Waals surface area contributed by atoms with E-state index < -0.39 is 0 Å². The van der Waals surface area contributed by atoms with Gasteiger partial charge < -0.3 is 14.2 Å². The number of hydrogen-bond acceptors (Lipinski definition) is 6. The number of aromatic nitrogens is 3. The van der Waals surface area contributed by atoms with Gasteiger partial charge in [0.25, 0.3) is 11.8 Å². The second-order valence-corrected chi connectivity index (χ2v) is 16.7. The van der Waals surface area contributed by atoms with Gasteiger partial charge >= 0.3 is 0 Å². The number of rotatable bonds is 11. The molecule has 0 radical (unpaired) electrons. The average molecular weight is 735 g/mol. The van der Waals surface area contributed by atoms with Crippen LogP contribution in [0.5, 0.6) is 5.75 Å². The first-order valence-electron chi connectivity index (χ1n) is 19.9. The minimum atomic E-state index is -0.0454. The van der Waals surface area contributed by atoms with Crippen LogP contribution >= 0.6 is 11.9 Å². The predicted molar refractivity (Wildman–Crippen MR) is 215 cm³/mol. The van der Waals surface area contributed by atoms with Crippen molar-refractivity contribution in [1.82, 2.24) is 28.9 Å². The number of nitrogens with zero attached hydrogens (tertiary/aromatic N) is 5. The molecular formula is C43H54N6O3S. The number of hydrogen-bond donors (Lipinski definition) is 1. The highest BCUT2D eigenvalue weighted by atomic mass is 32.2. The van der Waals surface area contributed by atoms with Crippen molar-refractivity contribution in [1.29, 1.82) is 0 Å².